The molecule has 1 unspecified atom stereocenters. The highest BCUT2D eigenvalue weighted by atomic mass is 32.2. The lowest BCUT2D eigenvalue weighted by molar-refractivity contribution is 0.269. The van der Waals surface area contributed by atoms with Gasteiger partial charge in [-0.05, 0) is 40.2 Å². The fourth-order valence-corrected chi connectivity index (χ4v) is 3.67. The number of hydrogen-bond acceptors (Lipinski definition) is 3. The molecule has 0 saturated carbocycles. The number of piperidine rings is 1. The van der Waals surface area contributed by atoms with E-state index in [2.05, 4.69) is 5.32 Å². The van der Waals surface area contributed by atoms with Crippen molar-refractivity contribution < 1.29 is 8.42 Å². The molecule has 1 heterocycles. The summed E-state index contributed by atoms with van der Waals surface area (Å²) in [6.45, 7) is 9.56. The van der Waals surface area contributed by atoms with Crippen LogP contribution in [0.1, 0.15) is 40.5 Å². The molecule has 0 aliphatic carbocycles. The molecule has 1 aliphatic heterocycles. The van der Waals surface area contributed by atoms with Crippen LogP contribution in [-0.4, -0.2) is 43.1 Å². The van der Waals surface area contributed by atoms with Crippen molar-refractivity contribution in [1.29, 1.82) is 0 Å². The molecule has 1 rings (SSSR count). The van der Waals surface area contributed by atoms with Crippen LogP contribution < -0.4 is 5.32 Å². The largest absolute Gasteiger partial charge is 0.315 e. The molecule has 1 atom stereocenters. The SMILES string of the molecule is CCN(C1CCCNC1)S(=O)(=O)C(C)(C)C. The summed E-state index contributed by atoms with van der Waals surface area (Å²) in [7, 11) is -3.19. The molecule has 0 aromatic rings. The molecular weight excluding hydrogens is 224 g/mol. The zero-order valence-electron chi connectivity index (χ0n) is 10.8. The van der Waals surface area contributed by atoms with Gasteiger partial charge in [0.05, 0.1) is 4.75 Å². The summed E-state index contributed by atoms with van der Waals surface area (Å²) in [6.07, 6.45) is 2.02. The summed E-state index contributed by atoms with van der Waals surface area (Å²) in [5.41, 5.74) is 0. The Morgan fingerprint density at radius 2 is 2.00 bits per heavy atom. The molecule has 5 heteroatoms. The minimum absolute atomic E-state index is 0.128. The minimum atomic E-state index is -3.19. The highest BCUT2D eigenvalue weighted by Gasteiger charge is 2.38. The van der Waals surface area contributed by atoms with Gasteiger partial charge in [-0.3, -0.25) is 0 Å². The number of rotatable bonds is 3. The summed E-state index contributed by atoms with van der Waals surface area (Å²) in [4.78, 5) is 0. The maximum absolute atomic E-state index is 12.4. The molecule has 1 fully saturated rings. The normalized spacial score (nSPS) is 23.7. The Hall–Kier alpha value is -0.130. The van der Waals surface area contributed by atoms with E-state index in [0.717, 1.165) is 25.9 Å². The van der Waals surface area contributed by atoms with Crippen LogP contribution in [0.15, 0.2) is 0 Å². The lowest BCUT2D eigenvalue weighted by Gasteiger charge is -2.37. The number of hydrogen-bond donors (Lipinski definition) is 1. The number of sulfonamides is 1. The van der Waals surface area contributed by atoms with Crippen molar-refractivity contribution in [3.8, 4) is 0 Å². The van der Waals surface area contributed by atoms with Crippen LogP contribution in [0.25, 0.3) is 0 Å². The number of likely N-dealkylation sites (N-methyl/N-ethyl adjacent to an activating group) is 1. The first-order chi connectivity index (χ1) is 7.30. The van der Waals surface area contributed by atoms with Gasteiger partial charge >= 0.3 is 0 Å². The van der Waals surface area contributed by atoms with Gasteiger partial charge in [0, 0.05) is 19.1 Å². The summed E-state index contributed by atoms with van der Waals surface area (Å²) in [5, 5.41) is 3.27. The highest BCUT2D eigenvalue weighted by molar-refractivity contribution is 7.90. The fourth-order valence-electron chi connectivity index (χ4n) is 2.06. The van der Waals surface area contributed by atoms with Gasteiger partial charge in [0.25, 0.3) is 0 Å². The van der Waals surface area contributed by atoms with Crippen molar-refractivity contribution >= 4 is 10.0 Å². The molecular formula is C11H24N2O2S. The van der Waals surface area contributed by atoms with Crippen LogP contribution in [-0.2, 0) is 10.0 Å². The fraction of sp³-hybridized carbons (Fsp3) is 1.00. The van der Waals surface area contributed by atoms with Gasteiger partial charge in [0.1, 0.15) is 0 Å². The van der Waals surface area contributed by atoms with E-state index < -0.39 is 14.8 Å². The third-order valence-corrected chi connectivity index (χ3v) is 5.79. The summed E-state index contributed by atoms with van der Waals surface area (Å²) < 4.78 is 25.7. The maximum Gasteiger partial charge on any atom is 0.219 e. The molecule has 0 amide bonds. The molecule has 16 heavy (non-hydrogen) atoms. The zero-order valence-corrected chi connectivity index (χ0v) is 11.6. The Kier molecular flexibility index (Phi) is 4.37. The second-order valence-electron chi connectivity index (χ2n) is 5.32. The average molecular weight is 248 g/mol. The average Bonchev–Trinajstić information content (AvgIpc) is 2.18. The third-order valence-electron chi connectivity index (χ3n) is 3.07. The molecule has 1 N–H and O–H groups in total. The Bertz CT molecular complexity index is 313. The van der Waals surface area contributed by atoms with E-state index in [-0.39, 0.29) is 6.04 Å². The smallest absolute Gasteiger partial charge is 0.219 e. The molecule has 0 bridgehead atoms. The quantitative estimate of drug-likeness (QED) is 0.816. The lowest BCUT2D eigenvalue weighted by atomic mass is 10.1. The predicted molar refractivity (Wildman–Crippen MR) is 66.9 cm³/mol. The summed E-state index contributed by atoms with van der Waals surface area (Å²) >= 11 is 0. The standard InChI is InChI=1S/C11H24N2O2S/c1-5-13(10-7-6-8-12-9-10)16(14,15)11(2,3)4/h10,12H,5-9H2,1-4H3. The molecule has 96 valence electrons. The van der Waals surface area contributed by atoms with E-state index in [1.807, 2.05) is 6.92 Å². The van der Waals surface area contributed by atoms with Crippen LogP contribution in [0.4, 0.5) is 0 Å². The second-order valence-corrected chi connectivity index (χ2v) is 7.96. The second kappa shape index (κ2) is 5.02. The minimum Gasteiger partial charge on any atom is -0.315 e. The molecule has 0 radical (unpaired) electrons. The van der Waals surface area contributed by atoms with Crippen molar-refractivity contribution in [3.05, 3.63) is 0 Å². The molecule has 1 aliphatic rings. The number of nitrogens with one attached hydrogen (secondary N) is 1. The van der Waals surface area contributed by atoms with Crippen LogP contribution in [0.2, 0.25) is 0 Å². The van der Waals surface area contributed by atoms with Crippen molar-refractivity contribution in [1.82, 2.24) is 9.62 Å². The molecule has 0 aromatic carbocycles. The Morgan fingerprint density at radius 1 is 1.38 bits per heavy atom. The molecule has 0 spiro atoms. The van der Waals surface area contributed by atoms with Crippen molar-refractivity contribution in [2.75, 3.05) is 19.6 Å². The van der Waals surface area contributed by atoms with E-state index in [1.54, 1.807) is 25.1 Å². The van der Waals surface area contributed by atoms with E-state index in [4.69, 9.17) is 0 Å². The van der Waals surface area contributed by atoms with Gasteiger partial charge in [-0.2, -0.15) is 4.31 Å². The topological polar surface area (TPSA) is 49.4 Å². The Labute approximate surface area is 99.5 Å². The van der Waals surface area contributed by atoms with Crippen LogP contribution in [0, 0.1) is 0 Å². The third kappa shape index (κ3) is 2.76. The van der Waals surface area contributed by atoms with E-state index in [1.165, 1.54) is 0 Å². The van der Waals surface area contributed by atoms with Crippen molar-refractivity contribution in [2.45, 2.75) is 51.3 Å². The van der Waals surface area contributed by atoms with Crippen LogP contribution in [0.5, 0.6) is 0 Å². The predicted octanol–water partition coefficient (Wildman–Crippen LogP) is 1.19. The molecule has 4 nitrogen and oxygen atoms in total. The Morgan fingerprint density at radius 3 is 2.38 bits per heavy atom. The van der Waals surface area contributed by atoms with Gasteiger partial charge in [0.15, 0.2) is 0 Å². The van der Waals surface area contributed by atoms with Crippen LogP contribution in [0.3, 0.4) is 0 Å². The first kappa shape index (κ1) is 13.9. The van der Waals surface area contributed by atoms with Gasteiger partial charge in [-0.1, -0.05) is 6.92 Å². The first-order valence-electron chi connectivity index (χ1n) is 6.03. The van der Waals surface area contributed by atoms with E-state index in [0.29, 0.717) is 6.54 Å². The van der Waals surface area contributed by atoms with Crippen molar-refractivity contribution in [3.63, 3.8) is 0 Å². The van der Waals surface area contributed by atoms with E-state index >= 15 is 0 Å². The highest BCUT2D eigenvalue weighted by Crippen LogP contribution is 2.24. The summed E-state index contributed by atoms with van der Waals surface area (Å²) in [5.74, 6) is 0. The zero-order chi connectivity index (χ0) is 12.4. The van der Waals surface area contributed by atoms with Gasteiger partial charge < -0.3 is 5.32 Å². The first-order valence-corrected chi connectivity index (χ1v) is 7.47. The molecule has 1 saturated heterocycles. The van der Waals surface area contributed by atoms with Gasteiger partial charge in [0.2, 0.25) is 10.0 Å². The Balaban J connectivity index is 2.89. The number of nitrogens with zero attached hydrogens (tertiary/aromatic N) is 1. The van der Waals surface area contributed by atoms with Crippen LogP contribution >= 0.6 is 0 Å². The monoisotopic (exact) mass is 248 g/mol. The van der Waals surface area contributed by atoms with Gasteiger partial charge in [-0.15, -0.1) is 0 Å². The lowest BCUT2D eigenvalue weighted by Crippen LogP contribution is -2.53. The summed E-state index contributed by atoms with van der Waals surface area (Å²) in [6, 6.07) is 0.128. The van der Waals surface area contributed by atoms with Crippen molar-refractivity contribution in [2.24, 2.45) is 0 Å². The molecule has 0 aromatic heterocycles. The van der Waals surface area contributed by atoms with E-state index in [9.17, 15) is 8.42 Å². The van der Waals surface area contributed by atoms with Gasteiger partial charge in [-0.25, -0.2) is 8.42 Å². The maximum atomic E-state index is 12.4.